The van der Waals surface area contributed by atoms with Crippen LogP contribution in [0.5, 0.6) is 0 Å². The maximum Gasteiger partial charge on any atom is 0.150 e. The van der Waals surface area contributed by atoms with Gasteiger partial charge in [-0.2, -0.15) is 33.2 Å². The van der Waals surface area contributed by atoms with Crippen LogP contribution in [-0.2, 0) is 0 Å². The molecule has 12 heavy (non-hydrogen) atoms. The third-order valence-electron chi connectivity index (χ3n) is 2.21. The number of halogens is 3. The van der Waals surface area contributed by atoms with Gasteiger partial charge >= 0.3 is 0 Å². The minimum atomic E-state index is -1.53. The second-order valence-electron chi connectivity index (χ2n) is 4.77. The van der Waals surface area contributed by atoms with Gasteiger partial charge in [-0.1, -0.05) is 19.6 Å². The molecule has 1 saturated heterocycles. The van der Waals surface area contributed by atoms with Crippen molar-refractivity contribution in [3.8, 4) is 0 Å². The Kier molecular flexibility index (Phi) is 3.17. The largest absolute Gasteiger partial charge is 0.168 e. The molecule has 72 valence electrons. The van der Waals surface area contributed by atoms with Crippen molar-refractivity contribution in [2.75, 3.05) is 0 Å². The summed E-state index contributed by atoms with van der Waals surface area (Å²) in [5.74, 6) is 0. The summed E-state index contributed by atoms with van der Waals surface area (Å²) in [5.41, 5.74) is 3.41. The molecule has 0 bridgehead atoms. The Morgan fingerprint density at radius 3 is 1.00 bits per heavy atom. The van der Waals surface area contributed by atoms with E-state index in [4.69, 9.17) is 33.2 Å². The van der Waals surface area contributed by atoms with E-state index in [-0.39, 0.29) is 0 Å². The van der Waals surface area contributed by atoms with Crippen LogP contribution in [0.3, 0.4) is 0 Å². The zero-order valence-corrected chi connectivity index (χ0v) is 13.0. The van der Waals surface area contributed by atoms with Gasteiger partial charge in [0, 0.05) is 0 Å². The van der Waals surface area contributed by atoms with Crippen LogP contribution in [0.2, 0.25) is 36.6 Å². The zero-order chi connectivity index (χ0) is 9.62. The Labute approximate surface area is 91.7 Å². The molecule has 0 atom stereocenters. The Morgan fingerprint density at radius 1 is 0.667 bits per heavy atom. The Hall–Kier alpha value is 1.52. The maximum absolute atomic E-state index is 6.48. The topological polar surface area (TPSA) is 0 Å². The summed E-state index contributed by atoms with van der Waals surface area (Å²) in [6.45, 7) is 6.65. The first-order valence-electron chi connectivity index (χ1n) is 4.19. The van der Waals surface area contributed by atoms with E-state index in [1.54, 1.807) is 0 Å². The molecule has 1 aliphatic rings. The van der Waals surface area contributed by atoms with Crippen LogP contribution in [0, 0.1) is 0 Å². The Bertz CT molecular complexity index is 145. The van der Waals surface area contributed by atoms with Crippen LogP contribution >= 0.6 is 33.2 Å². The summed E-state index contributed by atoms with van der Waals surface area (Å²) in [7, 11) is -4.59. The van der Waals surface area contributed by atoms with Crippen molar-refractivity contribution in [3.05, 3.63) is 0 Å². The minimum absolute atomic E-state index is 1.14. The maximum atomic E-state index is 6.48. The lowest BCUT2D eigenvalue weighted by atomic mass is 11.7. The smallest absolute Gasteiger partial charge is 0.150 e. The van der Waals surface area contributed by atoms with Gasteiger partial charge in [-0.3, -0.25) is 0 Å². The summed E-state index contributed by atoms with van der Waals surface area (Å²) in [4.78, 5) is 0. The molecule has 0 aromatic carbocycles. The summed E-state index contributed by atoms with van der Waals surface area (Å²) in [5, 5.41) is 0. The fourth-order valence-corrected chi connectivity index (χ4v) is 43.6. The quantitative estimate of drug-likeness (QED) is 0.463. The van der Waals surface area contributed by atoms with Gasteiger partial charge in [0.1, 0.15) is 0 Å². The highest BCUT2D eigenvalue weighted by molar-refractivity contribution is 7.44. The first-order chi connectivity index (χ1) is 5.12. The van der Waals surface area contributed by atoms with Crippen molar-refractivity contribution in [2.24, 2.45) is 0 Å². The molecular weight excluding hydrogens is 263 g/mol. The molecule has 0 saturated carbocycles. The first kappa shape index (κ1) is 11.6. The Balaban J connectivity index is 2.81. The van der Waals surface area contributed by atoms with Crippen LogP contribution in [0.15, 0.2) is 0 Å². The van der Waals surface area contributed by atoms with Gasteiger partial charge in [-0.25, -0.2) is 0 Å². The summed E-state index contributed by atoms with van der Waals surface area (Å²) in [6, 6.07) is 0. The molecule has 1 aliphatic heterocycles. The van der Waals surface area contributed by atoms with Crippen LogP contribution < -0.4 is 0 Å². The first-order valence-corrected chi connectivity index (χ1v) is 16.0. The zero-order valence-electron chi connectivity index (χ0n) is 7.76. The molecule has 0 unspecified atom stereocenters. The minimum Gasteiger partial charge on any atom is -0.168 e. The number of hydrogen-bond donors (Lipinski definition) is 0. The fourth-order valence-electron chi connectivity index (χ4n) is 2.49. The molecule has 0 N–H and O–H groups in total. The SMILES string of the molecule is C[Si]1(Cl)C[Si](C)(Cl)C[Si](C)(Cl)C1. The average Bonchev–Trinajstić information content (AvgIpc) is 1.44. The second-order valence-corrected chi connectivity index (χ2v) is 25.7. The molecule has 0 radical (unpaired) electrons. The van der Waals surface area contributed by atoms with Crippen molar-refractivity contribution in [3.63, 3.8) is 0 Å². The van der Waals surface area contributed by atoms with Gasteiger partial charge in [0.15, 0.2) is 22.2 Å². The van der Waals surface area contributed by atoms with Crippen LogP contribution in [0.25, 0.3) is 0 Å². The molecule has 1 heterocycles. The average molecular weight is 278 g/mol. The molecule has 1 fully saturated rings. The molecule has 0 aromatic heterocycles. The van der Waals surface area contributed by atoms with Gasteiger partial charge in [0.25, 0.3) is 0 Å². The molecule has 0 nitrogen and oxygen atoms in total. The van der Waals surface area contributed by atoms with Crippen molar-refractivity contribution in [1.82, 2.24) is 0 Å². The number of rotatable bonds is 0. The van der Waals surface area contributed by atoms with Gasteiger partial charge in [-0.15, -0.1) is 0 Å². The van der Waals surface area contributed by atoms with Gasteiger partial charge in [-0.05, 0) is 17.0 Å². The fraction of sp³-hybridized carbons (Fsp3) is 1.00. The monoisotopic (exact) mass is 276 g/mol. The molecular formula is C6H15Cl3Si3. The van der Waals surface area contributed by atoms with Crippen molar-refractivity contribution in [1.29, 1.82) is 0 Å². The van der Waals surface area contributed by atoms with Crippen LogP contribution in [0.1, 0.15) is 0 Å². The van der Waals surface area contributed by atoms with E-state index >= 15 is 0 Å². The van der Waals surface area contributed by atoms with E-state index in [9.17, 15) is 0 Å². The highest BCUT2D eigenvalue weighted by Gasteiger charge is 2.50. The summed E-state index contributed by atoms with van der Waals surface area (Å²) in [6.07, 6.45) is 0. The third kappa shape index (κ3) is 3.35. The highest BCUT2D eigenvalue weighted by atomic mass is 35.6. The molecule has 1 rings (SSSR count). The van der Waals surface area contributed by atoms with Gasteiger partial charge < -0.3 is 0 Å². The predicted molar refractivity (Wildman–Crippen MR) is 66.8 cm³/mol. The van der Waals surface area contributed by atoms with E-state index in [2.05, 4.69) is 19.6 Å². The number of hydrogen-bond acceptors (Lipinski definition) is 0. The molecule has 0 spiro atoms. The van der Waals surface area contributed by atoms with E-state index in [1.807, 2.05) is 0 Å². The van der Waals surface area contributed by atoms with Crippen molar-refractivity contribution in [2.45, 2.75) is 36.6 Å². The van der Waals surface area contributed by atoms with E-state index in [1.165, 1.54) is 0 Å². The van der Waals surface area contributed by atoms with Crippen LogP contribution in [-0.4, -0.2) is 22.2 Å². The van der Waals surface area contributed by atoms with E-state index in [0.717, 1.165) is 17.0 Å². The molecule has 0 amide bonds. The standard InChI is InChI=1S/C6H15Cl3Si3/c1-10(7)4-11(2,8)6-12(3,9)5-10/h4-6H2,1-3H3. The Morgan fingerprint density at radius 2 is 0.833 bits per heavy atom. The van der Waals surface area contributed by atoms with Gasteiger partial charge in [0.2, 0.25) is 0 Å². The lowest BCUT2D eigenvalue weighted by molar-refractivity contribution is 1.47. The van der Waals surface area contributed by atoms with E-state index < -0.39 is 22.2 Å². The van der Waals surface area contributed by atoms with Crippen molar-refractivity contribution < 1.29 is 0 Å². The normalized spacial score (nSPS) is 55.5. The lowest BCUT2D eigenvalue weighted by Gasteiger charge is -2.41. The lowest BCUT2D eigenvalue weighted by Crippen LogP contribution is -2.52. The van der Waals surface area contributed by atoms with E-state index in [0.29, 0.717) is 0 Å². The second kappa shape index (κ2) is 3.28. The summed E-state index contributed by atoms with van der Waals surface area (Å²) >= 11 is 19.4. The summed E-state index contributed by atoms with van der Waals surface area (Å²) < 4.78 is 0. The molecule has 6 heteroatoms. The molecule has 0 aliphatic carbocycles. The highest BCUT2D eigenvalue weighted by Crippen LogP contribution is 2.45. The molecule has 0 aromatic rings. The van der Waals surface area contributed by atoms with Gasteiger partial charge in [0.05, 0.1) is 0 Å². The predicted octanol–water partition coefficient (Wildman–Crippen LogP) is 4.06. The van der Waals surface area contributed by atoms with Crippen molar-refractivity contribution >= 4 is 55.4 Å². The third-order valence-corrected chi connectivity index (χ3v) is 27.1. The van der Waals surface area contributed by atoms with Crippen LogP contribution in [0.4, 0.5) is 0 Å².